The lowest BCUT2D eigenvalue weighted by Gasteiger charge is -2.15. The van der Waals surface area contributed by atoms with Crippen molar-refractivity contribution in [3.8, 4) is 11.4 Å². The normalized spacial score (nSPS) is 11.8. The summed E-state index contributed by atoms with van der Waals surface area (Å²) < 4.78 is 20.7. The molecule has 3 aromatic rings. The monoisotopic (exact) mass is 386 g/mol. The van der Waals surface area contributed by atoms with E-state index in [1.54, 1.807) is 43.1 Å². The molecule has 6 nitrogen and oxygen atoms in total. The highest BCUT2D eigenvalue weighted by Crippen LogP contribution is 2.22. The van der Waals surface area contributed by atoms with E-state index in [0.29, 0.717) is 10.7 Å². The number of amides is 1. The van der Waals surface area contributed by atoms with Crippen LogP contribution in [0.5, 0.6) is 5.75 Å². The Kier molecular flexibility index (Phi) is 6.08. The molecule has 27 heavy (non-hydrogen) atoms. The van der Waals surface area contributed by atoms with Crippen molar-refractivity contribution in [3.05, 3.63) is 66.2 Å². The first-order chi connectivity index (χ1) is 13.1. The molecule has 0 unspecified atom stereocenters. The van der Waals surface area contributed by atoms with Gasteiger partial charge in [-0.1, -0.05) is 30.0 Å². The topological polar surface area (TPSA) is 69.0 Å². The van der Waals surface area contributed by atoms with Gasteiger partial charge in [0.15, 0.2) is 5.16 Å². The molecule has 0 aliphatic rings. The van der Waals surface area contributed by atoms with Crippen LogP contribution in [0.1, 0.15) is 18.5 Å². The largest absolute Gasteiger partial charge is 0.497 e. The van der Waals surface area contributed by atoms with Crippen molar-refractivity contribution >= 4 is 17.7 Å². The zero-order valence-electron chi connectivity index (χ0n) is 14.9. The highest BCUT2D eigenvalue weighted by molar-refractivity contribution is 7.99. The van der Waals surface area contributed by atoms with E-state index in [-0.39, 0.29) is 17.5 Å². The number of aromatic nitrogens is 3. The number of thioether (sulfide) groups is 1. The maximum absolute atomic E-state index is 13.8. The van der Waals surface area contributed by atoms with Gasteiger partial charge in [-0.15, -0.1) is 10.2 Å². The van der Waals surface area contributed by atoms with E-state index in [9.17, 15) is 9.18 Å². The zero-order chi connectivity index (χ0) is 19.2. The number of rotatable bonds is 7. The number of benzene rings is 2. The Morgan fingerprint density at radius 1 is 1.26 bits per heavy atom. The van der Waals surface area contributed by atoms with Gasteiger partial charge in [0.2, 0.25) is 5.91 Å². The van der Waals surface area contributed by atoms with Gasteiger partial charge in [-0.05, 0) is 37.3 Å². The highest BCUT2D eigenvalue weighted by Gasteiger charge is 2.15. The number of halogens is 1. The molecule has 0 saturated carbocycles. The van der Waals surface area contributed by atoms with Crippen LogP contribution in [0.25, 0.3) is 5.69 Å². The smallest absolute Gasteiger partial charge is 0.230 e. The summed E-state index contributed by atoms with van der Waals surface area (Å²) in [4.78, 5) is 12.2. The standard InChI is InChI=1S/C19H19FN4O2S/c1-13(16-5-3-4-6-17(16)20)22-18(25)11-27-19-23-21-12-24(19)14-7-9-15(26-2)10-8-14/h3-10,12-13H,11H2,1-2H3,(H,22,25)/t13-/m1/s1. The minimum Gasteiger partial charge on any atom is -0.497 e. The van der Waals surface area contributed by atoms with Gasteiger partial charge in [-0.2, -0.15) is 0 Å². The van der Waals surface area contributed by atoms with Crippen LogP contribution in [0, 0.1) is 5.82 Å². The van der Waals surface area contributed by atoms with E-state index in [1.807, 2.05) is 24.3 Å². The van der Waals surface area contributed by atoms with Crippen molar-refractivity contribution in [2.75, 3.05) is 12.9 Å². The summed E-state index contributed by atoms with van der Waals surface area (Å²) >= 11 is 1.26. The molecular formula is C19H19FN4O2S. The van der Waals surface area contributed by atoms with Crippen LogP contribution >= 0.6 is 11.8 Å². The first kappa shape index (κ1) is 18.9. The first-order valence-corrected chi connectivity index (χ1v) is 9.28. The van der Waals surface area contributed by atoms with Crippen LogP contribution in [-0.4, -0.2) is 33.5 Å². The summed E-state index contributed by atoms with van der Waals surface area (Å²) in [5.74, 6) is 0.355. The Morgan fingerprint density at radius 3 is 2.70 bits per heavy atom. The SMILES string of the molecule is COc1ccc(-n2cnnc2SCC(=O)N[C@H](C)c2ccccc2F)cc1. The molecule has 0 radical (unpaired) electrons. The molecule has 8 heteroatoms. The number of nitrogens with zero attached hydrogens (tertiary/aromatic N) is 3. The average molecular weight is 386 g/mol. The predicted molar refractivity (Wildman–Crippen MR) is 102 cm³/mol. The van der Waals surface area contributed by atoms with E-state index in [4.69, 9.17) is 4.74 Å². The van der Waals surface area contributed by atoms with Crippen LogP contribution in [0.2, 0.25) is 0 Å². The third-order valence-corrected chi connectivity index (χ3v) is 4.89. The third-order valence-electron chi connectivity index (χ3n) is 3.95. The molecule has 0 aliphatic heterocycles. The lowest BCUT2D eigenvalue weighted by Crippen LogP contribution is -2.28. The molecule has 1 N–H and O–H groups in total. The summed E-state index contributed by atoms with van der Waals surface area (Å²) in [5, 5.41) is 11.4. The molecule has 2 aromatic carbocycles. The van der Waals surface area contributed by atoms with E-state index in [1.165, 1.54) is 17.8 Å². The van der Waals surface area contributed by atoms with Gasteiger partial charge in [0.25, 0.3) is 0 Å². The summed E-state index contributed by atoms with van der Waals surface area (Å²) in [6, 6.07) is 13.4. The van der Waals surface area contributed by atoms with E-state index < -0.39 is 6.04 Å². The molecule has 1 aromatic heterocycles. The van der Waals surface area contributed by atoms with Crippen LogP contribution in [0.15, 0.2) is 60.0 Å². The second-order valence-corrected chi connectivity index (χ2v) is 6.72. The predicted octanol–water partition coefficient (Wildman–Crippen LogP) is 3.38. The Bertz CT molecular complexity index is 914. The summed E-state index contributed by atoms with van der Waals surface area (Å²) in [7, 11) is 1.61. The first-order valence-electron chi connectivity index (χ1n) is 8.29. The van der Waals surface area contributed by atoms with Gasteiger partial charge in [-0.25, -0.2) is 4.39 Å². The van der Waals surface area contributed by atoms with Gasteiger partial charge >= 0.3 is 0 Å². The van der Waals surface area contributed by atoms with Crippen LogP contribution in [0.3, 0.4) is 0 Å². The van der Waals surface area contributed by atoms with Gasteiger partial charge in [0.05, 0.1) is 18.9 Å². The zero-order valence-corrected chi connectivity index (χ0v) is 15.7. The molecule has 0 saturated heterocycles. The lowest BCUT2D eigenvalue weighted by molar-refractivity contribution is -0.119. The molecule has 0 spiro atoms. The molecule has 0 fully saturated rings. The molecule has 1 atom stereocenters. The van der Waals surface area contributed by atoms with Crippen LogP contribution in [0.4, 0.5) is 4.39 Å². The highest BCUT2D eigenvalue weighted by atomic mass is 32.2. The number of nitrogens with one attached hydrogen (secondary N) is 1. The lowest BCUT2D eigenvalue weighted by atomic mass is 10.1. The van der Waals surface area contributed by atoms with Crippen LogP contribution < -0.4 is 10.1 Å². The van der Waals surface area contributed by atoms with Crippen molar-refractivity contribution in [2.45, 2.75) is 18.1 Å². The fraction of sp³-hybridized carbons (Fsp3) is 0.211. The quantitative estimate of drug-likeness (QED) is 0.631. The number of hydrogen-bond donors (Lipinski definition) is 1. The number of hydrogen-bond acceptors (Lipinski definition) is 5. The molecular weight excluding hydrogens is 367 g/mol. The summed E-state index contributed by atoms with van der Waals surface area (Å²) in [6.07, 6.45) is 1.59. The fourth-order valence-electron chi connectivity index (χ4n) is 2.56. The Balaban J connectivity index is 1.61. The van der Waals surface area contributed by atoms with Gasteiger partial charge < -0.3 is 10.1 Å². The third kappa shape index (κ3) is 4.65. The second kappa shape index (κ2) is 8.68. The van der Waals surface area contributed by atoms with Gasteiger partial charge in [-0.3, -0.25) is 9.36 Å². The summed E-state index contributed by atoms with van der Waals surface area (Å²) in [6.45, 7) is 1.75. The van der Waals surface area contributed by atoms with E-state index in [0.717, 1.165) is 11.4 Å². The second-order valence-electron chi connectivity index (χ2n) is 5.78. The van der Waals surface area contributed by atoms with Crippen molar-refractivity contribution < 1.29 is 13.9 Å². The van der Waals surface area contributed by atoms with Crippen molar-refractivity contribution in [2.24, 2.45) is 0 Å². The van der Waals surface area contributed by atoms with Crippen molar-refractivity contribution in [1.29, 1.82) is 0 Å². The van der Waals surface area contributed by atoms with E-state index >= 15 is 0 Å². The number of methoxy groups -OCH3 is 1. The maximum Gasteiger partial charge on any atom is 0.230 e. The molecule has 1 amide bonds. The Labute approximate surface area is 160 Å². The van der Waals surface area contributed by atoms with Crippen LogP contribution in [-0.2, 0) is 4.79 Å². The molecule has 0 aliphatic carbocycles. The van der Waals surface area contributed by atoms with Crippen molar-refractivity contribution in [1.82, 2.24) is 20.1 Å². The molecule has 0 bridgehead atoms. The average Bonchev–Trinajstić information content (AvgIpc) is 3.15. The van der Waals surface area contributed by atoms with Gasteiger partial charge in [0.1, 0.15) is 17.9 Å². The Morgan fingerprint density at radius 2 is 2.00 bits per heavy atom. The van der Waals surface area contributed by atoms with Crippen molar-refractivity contribution in [3.63, 3.8) is 0 Å². The maximum atomic E-state index is 13.8. The molecule has 1 heterocycles. The minimum atomic E-state index is -0.418. The van der Waals surface area contributed by atoms with Gasteiger partial charge in [0, 0.05) is 11.3 Å². The number of carbonyl (C=O) groups is 1. The molecule has 3 rings (SSSR count). The Hall–Kier alpha value is -2.87. The summed E-state index contributed by atoms with van der Waals surface area (Å²) in [5.41, 5.74) is 1.32. The minimum absolute atomic E-state index is 0.146. The van der Waals surface area contributed by atoms with E-state index in [2.05, 4.69) is 15.5 Å². The number of carbonyl (C=O) groups excluding carboxylic acids is 1. The molecule has 140 valence electrons. The fourth-order valence-corrected chi connectivity index (χ4v) is 3.30. The number of ether oxygens (including phenoxy) is 1.